The third-order valence-corrected chi connectivity index (χ3v) is 6.87. The Morgan fingerprint density at radius 2 is 1.88 bits per heavy atom. The van der Waals surface area contributed by atoms with E-state index in [0.29, 0.717) is 23.0 Å². The zero-order valence-corrected chi connectivity index (χ0v) is 18.7. The van der Waals surface area contributed by atoms with Crippen molar-refractivity contribution in [3.8, 4) is 29.1 Å². The van der Waals surface area contributed by atoms with Crippen molar-refractivity contribution in [3.05, 3.63) is 66.5 Å². The van der Waals surface area contributed by atoms with Gasteiger partial charge in [-0.2, -0.15) is 5.26 Å². The summed E-state index contributed by atoms with van der Waals surface area (Å²) in [5, 5.41) is 10.9. The molecule has 1 aliphatic carbocycles. The number of nitrogens with zero attached hydrogens (tertiary/aromatic N) is 4. The van der Waals surface area contributed by atoms with Gasteiger partial charge in [0.15, 0.2) is 0 Å². The molecule has 0 unspecified atom stereocenters. The molecule has 5 rings (SSSR count). The topological polar surface area (TPSA) is 110 Å². The van der Waals surface area contributed by atoms with Gasteiger partial charge in [-0.15, -0.1) is 0 Å². The number of nitrogens with one attached hydrogen (secondary N) is 1. The van der Waals surface area contributed by atoms with Crippen molar-refractivity contribution in [2.45, 2.75) is 25.8 Å². The Bertz CT molecular complexity index is 1470. The van der Waals surface area contributed by atoms with Crippen LogP contribution in [0.1, 0.15) is 31.4 Å². The number of fused-ring (bicyclic) bond motifs is 1. The minimum Gasteiger partial charge on any atom is -0.424 e. The molecule has 166 valence electrons. The summed E-state index contributed by atoms with van der Waals surface area (Å²) in [4.78, 5) is 8.22. The lowest BCUT2D eigenvalue weighted by Crippen LogP contribution is -2.14. The molecule has 9 heteroatoms. The molecule has 4 aromatic rings. The van der Waals surface area contributed by atoms with Gasteiger partial charge in [0.1, 0.15) is 11.8 Å². The molecule has 1 saturated carbocycles. The molecule has 0 spiro atoms. The number of hydrogen-bond donors (Lipinski definition) is 1. The van der Waals surface area contributed by atoms with Gasteiger partial charge < -0.3 is 9.30 Å². The molecule has 2 aromatic heterocycles. The van der Waals surface area contributed by atoms with Gasteiger partial charge in [0.05, 0.1) is 22.5 Å². The second-order valence-electron chi connectivity index (χ2n) is 7.83. The Labute approximate surface area is 191 Å². The summed E-state index contributed by atoms with van der Waals surface area (Å²) < 4.78 is 34.3. The fraction of sp³-hybridized carbons (Fsp3) is 0.208. The number of hydrogen-bond acceptors (Lipinski definition) is 6. The first-order valence-electron chi connectivity index (χ1n) is 10.6. The second kappa shape index (κ2) is 8.22. The molecule has 1 N–H and O–H groups in total. The first-order valence-corrected chi connectivity index (χ1v) is 12.3. The molecule has 33 heavy (non-hydrogen) atoms. The Balaban J connectivity index is 1.60. The van der Waals surface area contributed by atoms with Crippen LogP contribution in [0.5, 0.6) is 11.8 Å². The highest BCUT2D eigenvalue weighted by Crippen LogP contribution is 2.45. The summed E-state index contributed by atoms with van der Waals surface area (Å²) in [5.74, 6) is 0.593. The Hall–Kier alpha value is -3.90. The number of sulfonamides is 1. The highest BCUT2D eigenvalue weighted by atomic mass is 32.2. The Morgan fingerprint density at radius 1 is 1.15 bits per heavy atom. The fourth-order valence-electron chi connectivity index (χ4n) is 3.85. The molecular formula is C24H21N5O3S. The van der Waals surface area contributed by atoms with Crippen LogP contribution >= 0.6 is 0 Å². The monoisotopic (exact) mass is 459 g/mol. The largest absolute Gasteiger partial charge is 0.424 e. The number of anilines is 1. The van der Waals surface area contributed by atoms with Crippen LogP contribution in [0.3, 0.4) is 0 Å². The summed E-state index contributed by atoms with van der Waals surface area (Å²) in [6.07, 6.45) is 5.29. The van der Waals surface area contributed by atoms with E-state index in [9.17, 15) is 13.7 Å². The molecule has 8 nitrogen and oxygen atoms in total. The fourth-order valence-corrected chi connectivity index (χ4v) is 4.49. The van der Waals surface area contributed by atoms with Crippen molar-refractivity contribution >= 4 is 26.6 Å². The van der Waals surface area contributed by atoms with Crippen molar-refractivity contribution < 1.29 is 13.2 Å². The van der Waals surface area contributed by atoms with Gasteiger partial charge in [0.25, 0.3) is 0 Å². The molecular weight excluding hydrogens is 438 g/mol. The second-order valence-corrected chi connectivity index (χ2v) is 9.84. The van der Waals surface area contributed by atoms with Crippen molar-refractivity contribution in [2.75, 3.05) is 10.5 Å². The van der Waals surface area contributed by atoms with E-state index in [1.54, 1.807) is 37.5 Å². The van der Waals surface area contributed by atoms with E-state index in [0.717, 1.165) is 35.0 Å². The third kappa shape index (κ3) is 4.13. The van der Waals surface area contributed by atoms with E-state index in [-0.39, 0.29) is 11.8 Å². The van der Waals surface area contributed by atoms with Crippen LogP contribution < -0.4 is 9.46 Å². The lowest BCUT2D eigenvalue weighted by Gasteiger charge is -2.12. The molecule has 0 bridgehead atoms. The zero-order valence-electron chi connectivity index (χ0n) is 17.9. The van der Waals surface area contributed by atoms with Gasteiger partial charge in [-0.3, -0.25) is 4.72 Å². The van der Waals surface area contributed by atoms with Crippen LogP contribution in [0.25, 0.3) is 22.2 Å². The van der Waals surface area contributed by atoms with Crippen molar-refractivity contribution in [3.63, 3.8) is 0 Å². The first kappa shape index (κ1) is 21.0. The number of rotatable bonds is 7. The molecule has 0 amide bonds. The zero-order chi connectivity index (χ0) is 23.0. The quantitative estimate of drug-likeness (QED) is 0.423. The smallest absolute Gasteiger partial charge is 0.321 e. The number of nitriles is 1. The number of aromatic nitrogens is 3. The Morgan fingerprint density at radius 3 is 2.52 bits per heavy atom. The summed E-state index contributed by atoms with van der Waals surface area (Å²) in [6, 6.07) is 17.4. The summed E-state index contributed by atoms with van der Waals surface area (Å²) in [7, 11) is -3.36. The number of ether oxygens (including phenoxy) is 1. The Kier molecular flexibility index (Phi) is 5.23. The van der Waals surface area contributed by atoms with Gasteiger partial charge in [-0.1, -0.05) is 12.1 Å². The standard InChI is InChI=1S/C24H21N5O3S/c1-2-33(30,31)28-17-6-4-16(5-7-17)23-21(15-25)20-11-10-19(32-24-26-12-3-13-27-24)14-22(20)29(23)18-8-9-18/h3-7,10-14,18,28H,2,8-9H2,1H3. The van der Waals surface area contributed by atoms with E-state index >= 15 is 0 Å². The molecule has 1 aliphatic rings. The van der Waals surface area contributed by atoms with Crippen LogP contribution in [-0.2, 0) is 10.0 Å². The third-order valence-electron chi connectivity index (χ3n) is 5.56. The first-order chi connectivity index (χ1) is 16.0. The maximum Gasteiger partial charge on any atom is 0.321 e. The van der Waals surface area contributed by atoms with E-state index in [2.05, 4.69) is 25.3 Å². The summed E-state index contributed by atoms with van der Waals surface area (Å²) >= 11 is 0. The summed E-state index contributed by atoms with van der Waals surface area (Å²) in [5.41, 5.74) is 3.66. The molecule has 2 aromatic carbocycles. The molecule has 1 fully saturated rings. The lowest BCUT2D eigenvalue weighted by molar-refractivity contribution is 0.442. The average Bonchev–Trinajstić information content (AvgIpc) is 3.61. The van der Waals surface area contributed by atoms with Crippen LogP contribution in [0, 0.1) is 11.3 Å². The maximum atomic E-state index is 11.9. The van der Waals surface area contributed by atoms with Gasteiger partial charge >= 0.3 is 6.01 Å². The highest BCUT2D eigenvalue weighted by Gasteiger charge is 2.31. The normalized spacial score (nSPS) is 13.6. The number of benzene rings is 2. The SMILES string of the molecule is CCS(=O)(=O)Nc1ccc(-c2c(C#N)c3ccc(Oc4ncccn4)cc3n2C2CC2)cc1. The maximum absolute atomic E-state index is 11.9. The van der Waals surface area contributed by atoms with Crippen molar-refractivity contribution in [1.29, 1.82) is 5.26 Å². The minimum absolute atomic E-state index is 0.00166. The van der Waals surface area contributed by atoms with E-state index < -0.39 is 10.0 Å². The van der Waals surface area contributed by atoms with E-state index in [1.165, 1.54) is 0 Å². The van der Waals surface area contributed by atoms with Crippen LogP contribution in [0.4, 0.5) is 5.69 Å². The van der Waals surface area contributed by atoms with Gasteiger partial charge in [0.2, 0.25) is 10.0 Å². The van der Waals surface area contributed by atoms with Gasteiger partial charge in [-0.05, 0) is 55.7 Å². The van der Waals surface area contributed by atoms with Crippen LogP contribution in [0.2, 0.25) is 0 Å². The van der Waals surface area contributed by atoms with Gasteiger partial charge in [-0.25, -0.2) is 18.4 Å². The average molecular weight is 460 g/mol. The van der Waals surface area contributed by atoms with E-state index in [1.807, 2.05) is 30.3 Å². The van der Waals surface area contributed by atoms with Crippen molar-refractivity contribution in [1.82, 2.24) is 14.5 Å². The predicted octanol–water partition coefficient (Wildman–Crippen LogP) is 4.86. The molecule has 0 saturated heterocycles. The van der Waals surface area contributed by atoms with Crippen LogP contribution in [0.15, 0.2) is 60.9 Å². The summed E-state index contributed by atoms with van der Waals surface area (Å²) in [6.45, 7) is 1.59. The molecule has 0 radical (unpaired) electrons. The van der Waals surface area contributed by atoms with E-state index in [4.69, 9.17) is 4.74 Å². The highest BCUT2D eigenvalue weighted by molar-refractivity contribution is 7.92. The van der Waals surface area contributed by atoms with Crippen molar-refractivity contribution in [2.24, 2.45) is 0 Å². The molecule has 2 heterocycles. The minimum atomic E-state index is -3.36. The lowest BCUT2D eigenvalue weighted by atomic mass is 10.1. The predicted molar refractivity (Wildman–Crippen MR) is 126 cm³/mol. The molecule has 0 atom stereocenters. The van der Waals surface area contributed by atoms with Gasteiger partial charge in [0, 0.05) is 35.6 Å². The molecule has 0 aliphatic heterocycles. The van der Waals surface area contributed by atoms with Crippen LogP contribution in [-0.4, -0.2) is 28.7 Å².